The van der Waals surface area contributed by atoms with E-state index in [0.717, 1.165) is 25.9 Å². The number of unbranched alkanes of at least 4 members (excludes halogenated alkanes) is 11. The molecule has 0 unspecified atom stereocenters. The molecule has 0 atom stereocenters. The van der Waals surface area contributed by atoms with Crippen molar-refractivity contribution in [1.82, 2.24) is 0 Å². The van der Waals surface area contributed by atoms with Gasteiger partial charge in [-0.1, -0.05) is 157 Å². The monoisotopic (exact) mass is 494 g/mol. The summed E-state index contributed by atoms with van der Waals surface area (Å²) < 4.78 is 13.5. The van der Waals surface area contributed by atoms with Crippen LogP contribution >= 0.6 is 0 Å². The fraction of sp³-hybridized carbons (Fsp3) is 0.562. The lowest BCUT2D eigenvalue weighted by atomic mass is 10.1. The van der Waals surface area contributed by atoms with Gasteiger partial charge < -0.3 is 8.85 Å². The maximum atomic E-state index is 6.79. The average Bonchev–Trinajstić information content (AvgIpc) is 2.91. The molecule has 0 spiro atoms. The molecule has 2 aromatic rings. The molecule has 0 saturated carbocycles. The Morgan fingerprint density at radius 1 is 0.543 bits per heavy atom. The highest BCUT2D eigenvalue weighted by molar-refractivity contribution is 6.92. The lowest BCUT2D eigenvalue weighted by Crippen LogP contribution is -2.63. The van der Waals surface area contributed by atoms with Crippen LogP contribution in [0.1, 0.15) is 104 Å². The van der Waals surface area contributed by atoms with Gasteiger partial charge in [0.05, 0.1) is 0 Å². The van der Waals surface area contributed by atoms with Crippen molar-refractivity contribution in [3.8, 4) is 0 Å². The van der Waals surface area contributed by atoms with Crippen LogP contribution in [0, 0.1) is 0 Å². The molecular formula is C32H50O2Si. The van der Waals surface area contributed by atoms with Gasteiger partial charge in [0, 0.05) is 13.2 Å². The standard InChI is InChI=1S/C32H50O2Si/c1-3-5-7-9-10-11-12-13-14-15-16-24-30-34-35(31-25-19-17-20-26-31,32-27-21-18-22-28-32)33-29-23-8-6-4-2/h6,8,17-22,25-28H,3-5,7,9-16,23-24,29-30H2,1-2H3/b8-6-. The number of allylic oxidation sites excluding steroid dienone is 1. The molecule has 194 valence electrons. The van der Waals surface area contributed by atoms with E-state index in [1.807, 2.05) is 0 Å². The third-order valence-corrected chi connectivity index (χ3v) is 10.0. The highest BCUT2D eigenvalue weighted by Gasteiger charge is 2.42. The minimum atomic E-state index is -2.74. The first-order chi connectivity index (χ1) is 17.3. The molecule has 2 aromatic carbocycles. The van der Waals surface area contributed by atoms with Crippen LogP contribution in [0.15, 0.2) is 72.8 Å². The van der Waals surface area contributed by atoms with Crippen LogP contribution in [0.25, 0.3) is 0 Å². The largest absolute Gasteiger partial charge is 0.407 e. The first-order valence-electron chi connectivity index (χ1n) is 14.4. The van der Waals surface area contributed by atoms with Crippen LogP contribution in [0.4, 0.5) is 0 Å². The predicted molar refractivity (Wildman–Crippen MR) is 155 cm³/mol. The SMILES string of the molecule is CC/C=C\CCO[Si](OCCCCCCCCCCCCCC)(c1ccccc1)c1ccccc1. The third-order valence-electron chi connectivity index (χ3n) is 6.60. The Kier molecular flexibility index (Phi) is 16.5. The molecule has 0 N–H and O–H groups in total. The third kappa shape index (κ3) is 11.7. The van der Waals surface area contributed by atoms with Crippen LogP contribution < -0.4 is 10.4 Å². The van der Waals surface area contributed by atoms with Crippen molar-refractivity contribution >= 4 is 18.9 Å². The summed E-state index contributed by atoms with van der Waals surface area (Å²) in [6, 6.07) is 21.3. The smallest absolute Gasteiger partial charge is 0.388 e. The number of hydrogen-bond donors (Lipinski definition) is 0. The Morgan fingerprint density at radius 3 is 1.49 bits per heavy atom. The van der Waals surface area contributed by atoms with E-state index >= 15 is 0 Å². The minimum absolute atomic E-state index is 0.685. The summed E-state index contributed by atoms with van der Waals surface area (Å²) in [4.78, 5) is 0. The van der Waals surface area contributed by atoms with Crippen molar-refractivity contribution in [3.05, 3.63) is 72.8 Å². The summed E-state index contributed by atoms with van der Waals surface area (Å²) in [7, 11) is -2.74. The van der Waals surface area contributed by atoms with Gasteiger partial charge in [-0.05, 0) is 29.6 Å². The Bertz CT molecular complexity index is 720. The zero-order valence-corrected chi connectivity index (χ0v) is 23.6. The summed E-state index contributed by atoms with van der Waals surface area (Å²) >= 11 is 0. The highest BCUT2D eigenvalue weighted by atomic mass is 28.4. The van der Waals surface area contributed by atoms with Gasteiger partial charge in [0.1, 0.15) is 0 Å². The maximum absolute atomic E-state index is 6.79. The topological polar surface area (TPSA) is 18.5 Å². The number of benzene rings is 2. The van der Waals surface area contributed by atoms with Crippen molar-refractivity contribution < 1.29 is 8.85 Å². The molecule has 0 bridgehead atoms. The average molecular weight is 495 g/mol. The van der Waals surface area contributed by atoms with Gasteiger partial charge in [0.25, 0.3) is 0 Å². The Hall–Kier alpha value is -1.68. The van der Waals surface area contributed by atoms with E-state index in [1.165, 1.54) is 81.0 Å². The molecule has 0 heterocycles. The maximum Gasteiger partial charge on any atom is 0.407 e. The number of hydrogen-bond acceptors (Lipinski definition) is 2. The van der Waals surface area contributed by atoms with E-state index in [-0.39, 0.29) is 0 Å². The van der Waals surface area contributed by atoms with Gasteiger partial charge in [-0.3, -0.25) is 0 Å². The van der Waals surface area contributed by atoms with Gasteiger partial charge >= 0.3 is 8.56 Å². The van der Waals surface area contributed by atoms with Crippen molar-refractivity contribution in [2.24, 2.45) is 0 Å². The first-order valence-corrected chi connectivity index (χ1v) is 16.2. The van der Waals surface area contributed by atoms with E-state index in [0.29, 0.717) is 6.61 Å². The molecule has 0 amide bonds. The van der Waals surface area contributed by atoms with Crippen molar-refractivity contribution in [1.29, 1.82) is 0 Å². The minimum Gasteiger partial charge on any atom is -0.388 e. The normalized spacial score (nSPS) is 11.9. The van der Waals surface area contributed by atoms with E-state index in [9.17, 15) is 0 Å². The van der Waals surface area contributed by atoms with Gasteiger partial charge in [0.2, 0.25) is 0 Å². The summed E-state index contributed by atoms with van der Waals surface area (Å²) in [5.41, 5.74) is 0. The van der Waals surface area contributed by atoms with Gasteiger partial charge in [-0.25, -0.2) is 0 Å². The zero-order chi connectivity index (χ0) is 24.9. The second-order valence-corrected chi connectivity index (χ2v) is 12.6. The van der Waals surface area contributed by atoms with Crippen molar-refractivity contribution in [3.63, 3.8) is 0 Å². The molecule has 0 aromatic heterocycles. The van der Waals surface area contributed by atoms with E-state index in [2.05, 4.69) is 86.7 Å². The quantitative estimate of drug-likeness (QED) is 0.0986. The molecule has 35 heavy (non-hydrogen) atoms. The van der Waals surface area contributed by atoms with E-state index in [1.54, 1.807) is 0 Å². The molecule has 0 aliphatic rings. The first kappa shape index (κ1) is 29.5. The van der Waals surface area contributed by atoms with Crippen molar-refractivity contribution in [2.45, 2.75) is 104 Å². The van der Waals surface area contributed by atoms with Crippen LogP contribution in [-0.2, 0) is 8.85 Å². The van der Waals surface area contributed by atoms with Crippen LogP contribution in [0.2, 0.25) is 0 Å². The van der Waals surface area contributed by atoms with Gasteiger partial charge in [-0.2, -0.15) is 0 Å². The fourth-order valence-electron chi connectivity index (χ4n) is 4.57. The van der Waals surface area contributed by atoms with E-state index in [4.69, 9.17) is 8.85 Å². The predicted octanol–water partition coefficient (Wildman–Crippen LogP) is 8.33. The molecule has 0 saturated heterocycles. The molecule has 0 aliphatic carbocycles. The Morgan fingerprint density at radius 2 is 1.00 bits per heavy atom. The van der Waals surface area contributed by atoms with Crippen LogP contribution in [-0.4, -0.2) is 21.8 Å². The summed E-state index contributed by atoms with van der Waals surface area (Å²) in [5, 5.41) is 2.40. The van der Waals surface area contributed by atoms with E-state index < -0.39 is 8.56 Å². The summed E-state index contributed by atoms with van der Waals surface area (Å²) in [5.74, 6) is 0. The second kappa shape index (κ2) is 19.5. The molecule has 0 aliphatic heterocycles. The summed E-state index contributed by atoms with van der Waals surface area (Å²) in [6.07, 6.45) is 22.7. The molecule has 0 fully saturated rings. The molecule has 3 heteroatoms. The Labute approximate surface area is 217 Å². The second-order valence-electron chi connectivity index (χ2n) is 9.60. The molecule has 0 radical (unpaired) electrons. The van der Waals surface area contributed by atoms with Gasteiger partial charge in [0.15, 0.2) is 0 Å². The lowest BCUT2D eigenvalue weighted by Gasteiger charge is -2.31. The Balaban J connectivity index is 1.84. The van der Waals surface area contributed by atoms with Crippen LogP contribution in [0.5, 0.6) is 0 Å². The molecule has 2 rings (SSSR count). The molecule has 2 nitrogen and oxygen atoms in total. The zero-order valence-electron chi connectivity index (χ0n) is 22.6. The molecular weight excluding hydrogens is 444 g/mol. The number of rotatable bonds is 21. The van der Waals surface area contributed by atoms with Crippen LogP contribution in [0.3, 0.4) is 0 Å². The highest BCUT2D eigenvalue weighted by Crippen LogP contribution is 2.15. The van der Waals surface area contributed by atoms with Gasteiger partial charge in [-0.15, -0.1) is 0 Å². The lowest BCUT2D eigenvalue weighted by molar-refractivity contribution is 0.190. The fourth-order valence-corrected chi connectivity index (χ4v) is 7.75. The van der Waals surface area contributed by atoms with Crippen molar-refractivity contribution in [2.75, 3.05) is 13.2 Å². The summed E-state index contributed by atoms with van der Waals surface area (Å²) in [6.45, 7) is 5.90.